The van der Waals surface area contributed by atoms with Gasteiger partial charge in [0.1, 0.15) is 11.9 Å². The molecule has 1 aliphatic heterocycles. The fourth-order valence-corrected chi connectivity index (χ4v) is 6.41. The van der Waals surface area contributed by atoms with E-state index < -0.39 is 58.3 Å². The lowest BCUT2D eigenvalue weighted by Crippen LogP contribution is -2.34. The zero-order valence-electron chi connectivity index (χ0n) is 26.8. The van der Waals surface area contributed by atoms with Crippen molar-refractivity contribution in [3.05, 3.63) is 89.5 Å². The number of methoxy groups -OCH3 is 1. The van der Waals surface area contributed by atoms with Crippen molar-refractivity contribution >= 4 is 27.4 Å². The van der Waals surface area contributed by atoms with Crippen molar-refractivity contribution in [1.82, 2.24) is 5.32 Å². The van der Waals surface area contributed by atoms with Crippen LogP contribution in [0.2, 0.25) is 0 Å². The molecule has 1 aliphatic rings. The number of amides is 1. The third kappa shape index (κ3) is 10.4. The summed E-state index contributed by atoms with van der Waals surface area (Å²) in [4.78, 5) is 27.0. The van der Waals surface area contributed by atoms with Gasteiger partial charge >= 0.3 is 18.8 Å². The second kappa shape index (κ2) is 16.4. The number of carbonyl (C=O) groups excluding carboxylic acids is 2. The van der Waals surface area contributed by atoms with E-state index in [-0.39, 0.29) is 48.0 Å². The molecule has 0 spiro atoms. The van der Waals surface area contributed by atoms with Gasteiger partial charge in [0, 0.05) is 24.1 Å². The number of sulfone groups is 1. The van der Waals surface area contributed by atoms with Gasteiger partial charge in [-0.2, -0.15) is 22.0 Å². The van der Waals surface area contributed by atoms with Gasteiger partial charge in [-0.25, -0.2) is 8.42 Å². The number of hydrogen-bond acceptors (Lipinski definition) is 8. The molecule has 0 aliphatic carbocycles. The van der Waals surface area contributed by atoms with Crippen LogP contribution in [-0.4, -0.2) is 65.1 Å². The zero-order chi connectivity index (χ0) is 35.8. The van der Waals surface area contributed by atoms with Crippen molar-refractivity contribution in [3.8, 4) is 5.75 Å². The summed E-state index contributed by atoms with van der Waals surface area (Å²) >= 11 is 0. The van der Waals surface area contributed by atoms with Crippen LogP contribution in [0.15, 0.2) is 77.7 Å². The molecule has 0 radical (unpaired) electrons. The van der Waals surface area contributed by atoms with Gasteiger partial charge in [0.05, 0.1) is 48.6 Å². The van der Waals surface area contributed by atoms with Crippen LogP contribution >= 0.6 is 0 Å². The Morgan fingerprint density at radius 1 is 0.980 bits per heavy atom. The van der Waals surface area contributed by atoms with Gasteiger partial charge in [0.2, 0.25) is 0 Å². The number of anilines is 1. The first-order valence-electron chi connectivity index (χ1n) is 15.5. The highest BCUT2D eigenvalue weighted by atomic mass is 32.2. The van der Waals surface area contributed by atoms with Crippen molar-refractivity contribution in [2.24, 2.45) is 0 Å². The van der Waals surface area contributed by atoms with E-state index >= 15 is 0 Å². The van der Waals surface area contributed by atoms with Gasteiger partial charge < -0.3 is 24.4 Å². The van der Waals surface area contributed by atoms with Gasteiger partial charge in [-0.1, -0.05) is 19.1 Å². The van der Waals surface area contributed by atoms with E-state index in [4.69, 9.17) is 9.47 Å². The van der Waals surface area contributed by atoms with Crippen LogP contribution in [0.3, 0.4) is 0 Å². The zero-order valence-corrected chi connectivity index (χ0v) is 27.6. The molecule has 49 heavy (non-hydrogen) atoms. The maximum absolute atomic E-state index is 13.4. The lowest BCUT2D eigenvalue weighted by Gasteiger charge is -2.26. The molecule has 1 saturated heterocycles. The van der Waals surface area contributed by atoms with E-state index in [9.17, 15) is 40.0 Å². The second-order valence-corrected chi connectivity index (χ2v) is 13.7. The van der Waals surface area contributed by atoms with Crippen molar-refractivity contribution in [3.63, 3.8) is 0 Å². The van der Waals surface area contributed by atoms with Crippen LogP contribution in [0, 0.1) is 0 Å². The minimum Gasteiger partial charge on any atom is -0.489 e. The van der Waals surface area contributed by atoms with E-state index in [1.54, 1.807) is 48.2 Å². The van der Waals surface area contributed by atoms with Gasteiger partial charge in [-0.15, -0.1) is 0 Å². The molecule has 1 N–H and O–H groups in total. The Kier molecular flexibility index (Phi) is 12.6. The second-order valence-electron chi connectivity index (χ2n) is 11.4. The number of esters is 1. The summed E-state index contributed by atoms with van der Waals surface area (Å²) in [5.41, 5.74) is 0.681. The van der Waals surface area contributed by atoms with Crippen molar-refractivity contribution in [2.45, 2.75) is 68.5 Å². The minimum atomic E-state index is -4.50. The highest BCUT2D eigenvalue weighted by Crippen LogP contribution is 2.33. The third-order valence-corrected chi connectivity index (χ3v) is 9.92. The number of carbonyl (C=O) groups is 2. The Hall–Kier alpha value is -4.24. The van der Waals surface area contributed by atoms with Crippen molar-refractivity contribution < 1.29 is 54.2 Å². The van der Waals surface area contributed by atoms with Crippen LogP contribution < -0.4 is 15.0 Å². The summed E-state index contributed by atoms with van der Waals surface area (Å²) in [6.07, 6.45) is -3.93. The molecule has 15 heteroatoms. The molecule has 9 nitrogen and oxygen atoms in total. The normalized spacial score (nSPS) is 17.2. The number of hydrogen-bond donors (Lipinski definition) is 1. The van der Waals surface area contributed by atoms with E-state index in [0.29, 0.717) is 24.1 Å². The number of benzene rings is 3. The summed E-state index contributed by atoms with van der Waals surface area (Å²) in [6, 6.07) is 15.7. The van der Waals surface area contributed by atoms with Crippen molar-refractivity contribution in [1.29, 1.82) is 0 Å². The highest BCUT2D eigenvalue weighted by molar-refractivity contribution is 7.91. The molecule has 0 saturated carbocycles. The van der Waals surface area contributed by atoms with Crippen LogP contribution in [-0.2, 0) is 30.3 Å². The van der Waals surface area contributed by atoms with E-state index in [1.165, 1.54) is 31.4 Å². The Morgan fingerprint density at radius 2 is 1.63 bits per heavy atom. The first-order chi connectivity index (χ1) is 23.2. The third-order valence-electron chi connectivity index (χ3n) is 8.16. The predicted molar refractivity (Wildman–Crippen MR) is 170 cm³/mol. The maximum atomic E-state index is 13.4. The number of nitrogens with one attached hydrogen (secondary N) is 1. The molecule has 3 aromatic carbocycles. The number of rotatable bonds is 15. The van der Waals surface area contributed by atoms with Crippen LogP contribution in [0.25, 0.3) is 0 Å². The molecule has 3 atom stereocenters. The summed E-state index contributed by atoms with van der Waals surface area (Å²) in [5.74, 6) is -0.715. The quantitative estimate of drug-likeness (QED) is 0.139. The highest BCUT2D eigenvalue weighted by Gasteiger charge is 2.35. The van der Waals surface area contributed by atoms with Gasteiger partial charge in [-0.3, -0.25) is 9.59 Å². The van der Waals surface area contributed by atoms with E-state index in [1.807, 2.05) is 0 Å². The smallest absolute Gasteiger partial charge is 0.416 e. The monoisotopic (exact) mass is 712 g/mol. The Labute approximate surface area is 281 Å². The number of nitrogens with zero attached hydrogens (tertiary/aromatic N) is 1. The molecule has 266 valence electrons. The Morgan fingerprint density at radius 3 is 2.20 bits per heavy atom. The average molecular weight is 713 g/mol. The molecule has 0 bridgehead atoms. The fourth-order valence-electron chi connectivity index (χ4n) is 5.53. The minimum absolute atomic E-state index is 0.0636. The number of alkyl halides is 5. The summed E-state index contributed by atoms with van der Waals surface area (Å²) in [6.45, 7) is -1.58. The van der Waals surface area contributed by atoms with Gasteiger partial charge in [0.15, 0.2) is 9.84 Å². The molecular formula is C34H37F5N2O7S. The average Bonchev–Trinajstić information content (AvgIpc) is 3.49. The summed E-state index contributed by atoms with van der Waals surface area (Å²) in [7, 11) is -2.15. The molecule has 4 rings (SSSR count). The summed E-state index contributed by atoms with van der Waals surface area (Å²) < 4.78 is 104. The predicted octanol–water partition coefficient (Wildman–Crippen LogP) is 6.58. The summed E-state index contributed by atoms with van der Waals surface area (Å²) in [5, 5.41) is 2.94. The maximum Gasteiger partial charge on any atom is 0.416 e. The van der Waals surface area contributed by atoms with E-state index in [0.717, 1.165) is 12.1 Å². The molecule has 0 unspecified atom stereocenters. The molecule has 3 aromatic rings. The SMILES string of the molecule is CCS(=O)(=O)c1ccc([C@H](CCCC(=O)OC)NC(=O)c2ccc(N3C[C@@H](Oc4ccc(C(F)(F)F)cc4)C[C@H]3COC(F)F)cc2)cc1. The number of halogens is 5. The largest absolute Gasteiger partial charge is 0.489 e. The number of ether oxygens (including phenoxy) is 3. The molecular weight excluding hydrogens is 675 g/mol. The fraction of sp³-hybridized carbons (Fsp3) is 0.412. The Bertz CT molecular complexity index is 1650. The Balaban J connectivity index is 1.48. The topological polar surface area (TPSA) is 111 Å². The van der Waals surface area contributed by atoms with E-state index in [2.05, 4.69) is 10.1 Å². The van der Waals surface area contributed by atoms with Gasteiger partial charge in [0.25, 0.3) is 5.91 Å². The van der Waals surface area contributed by atoms with Gasteiger partial charge in [-0.05, 0) is 79.1 Å². The molecule has 1 amide bonds. The standard InChI is InChI=1S/C34H37F5N2O7S/c1-3-49(44,45)29-17-9-22(10-18-29)30(5-4-6-31(42)46-2)40-32(43)23-7-13-25(14-8-23)41-20-28(19-26(41)21-47-33(35)36)48-27-15-11-24(12-16-27)34(37,38)39/h7-18,26,28,30,33H,3-6,19-21H2,1-2H3,(H,40,43)/t26-,28-,30-/m0/s1. The molecule has 1 fully saturated rings. The lowest BCUT2D eigenvalue weighted by molar-refractivity contribution is -0.141. The van der Waals surface area contributed by atoms with Crippen LogP contribution in [0.5, 0.6) is 5.75 Å². The van der Waals surface area contributed by atoms with Crippen LogP contribution in [0.4, 0.5) is 27.6 Å². The molecule has 1 heterocycles. The van der Waals surface area contributed by atoms with Crippen molar-refractivity contribution in [2.75, 3.05) is 30.9 Å². The molecule has 0 aromatic heterocycles. The first kappa shape index (κ1) is 37.6. The first-order valence-corrected chi connectivity index (χ1v) is 17.2. The van der Waals surface area contributed by atoms with Crippen LogP contribution in [0.1, 0.15) is 60.1 Å². The lowest BCUT2D eigenvalue weighted by atomic mass is 10.00.